The average molecular weight is 343 g/mol. The van der Waals surface area contributed by atoms with Gasteiger partial charge in [0.1, 0.15) is 0 Å². The molecule has 0 radical (unpaired) electrons. The van der Waals surface area contributed by atoms with E-state index in [1.54, 1.807) is 0 Å². The smallest absolute Gasteiger partial charge is 0.0792 e. The molecule has 25 heavy (non-hydrogen) atoms. The molecule has 0 aliphatic heterocycles. The lowest BCUT2D eigenvalue weighted by Gasteiger charge is -2.14. The molecule has 0 bridgehead atoms. The number of hydrogen-bond acceptors (Lipinski definition) is 2. The van der Waals surface area contributed by atoms with Crippen LogP contribution >= 0.6 is 0 Å². The van der Waals surface area contributed by atoms with Crippen molar-refractivity contribution in [2.24, 2.45) is 5.92 Å². The Bertz CT molecular complexity index is 539. The van der Waals surface area contributed by atoms with Gasteiger partial charge in [-0.2, -0.15) is 0 Å². The zero-order chi connectivity index (χ0) is 18.5. The second-order valence-corrected chi connectivity index (χ2v) is 6.81. The predicted octanol–water partition coefficient (Wildman–Crippen LogP) is 5.55. The summed E-state index contributed by atoms with van der Waals surface area (Å²) in [5, 5.41) is 19.3. The van der Waals surface area contributed by atoms with Crippen LogP contribution in [0.2, 0.25) is 0 Å². The van der Waals surface area contributed by atoms with Crippen LogP contribution in [0.3, 0.4) is 0 Å². The lowest BCUT2D eigenvalue weighted by molar-refractivity contribution is 0.146. The summed E-state index contributed by atoms with van der Waals surface area (Å²) in [4.78, 5) is 0. The van der Waals surface area contributed by atoms with Crippen molar-refractivity contribution in [3.05, 3.63) is 71.8 Å². The maximum Gasteiger partial charge on any atom is 0.0792 e. The molecule has 2 N–H and O–H groups in total. The number of hydrogen-bond donors (Lipinski definition) is 2. The quantitative estimate of drug-likeness (QED) is 0.660. The van der Waals surface area contributed by atoms with Crippen LogP contribution in [0.25, 0.3) is 0 Å². The fourth-order valence-corrected chi connectivity index (χ4v) is 2.68. The Morgan fingerprint density at radius 2 is 1.40 bits per heavy atom. The lowest BCUT2D eigenvalue weighted by atomic mass is 9.97. The van der Waals surface area contributed by atoms with Crippen LogP contribution in [0.5, 0.6) is 0 Å². The molecule has 2 aromatic carbocycles. The Morgan fingerprint density at radius 3 is 1.92 bits per heavy atom. The SMILES string of the molecule is CCC(C)CC(O)c1ccccc1.CCCC(O)Cc1ccccc1. The van der Waals surface area contributed by atoms with Crippen molar-refractivity contribution in [3.63, 3.8) is 0 Å². The first kappa shape index (κ1) is 21.4. The van der Waals surface area contributed by atoms with Crippen LogP contribution in [0.1, 0.15) is 63.7 Å². The second kappa shape index (κ2) is 12.7. The molecule has 2 aromatic rings. The molecule has 3 atom stereocenters. The van der Waals surface area contributed by atoms with E-state index in [2.05, 4.69) is 32.9 Å². The molecule has 0 fully saturated rings. The zero-order valence-corrected chi connectivity index (χ0v) is 15.9. The first-order valence-corrected chi connectivity index (χ1v) is 9.51. The fourth-order valence-electron chi connectivity index (χ4n) is 2.68. The third kappa shape index (κ3) is 9.42. The van der Waals surface area contributed by atoms with Crippen molar-refractivity contribution in [2.45, 2.75) is 65.1 Å². The minimum Gasteiger partial charge on any atom is -0.393 e. The van der Waals surface area contributed by atoms with E-state index in [4.69, 9.17) is 0 Å². The largest absolute Gasteiger partial charge is 0.393 e. The van der Waals surface area contributed by atoms with Gasteiger partial charge in [-0.1, -0.05) is 94.3 Å². The van der Waals surface area contributed by atoms with Gasteiger partial charge < -0.3 is 10.2 Å². The maximum absolute atomic E-state index is 9.82. The van der Waals surface area contributed by atoms with E-state index >= 15 is 0 Å². The summed E-state index contributed by atoms with van der Waals surface area (Å²) < 4.78 is 0. The van der Waals surface area contributed by atoms with E-state index in [-0.39, 0.29) is 12.2 Å². The molecule has 2 rings (SSSR count). The Morgan fingerprint density at radius 1 is 0.840 bits per heavy atom. The average Bonchev–Trinajstić information content (AvgIpc) is 2.64. The van der Waals surface area contributed by atoms with Gasteiger partial charge in [0.05, 0.1) is 12.2 Å². The second-order valence-electron chi connectivity index (χ2n) is 6.81. The molecule has 0 amide bonds. The summed E-state index contributed by atoms with van der Waals surface area (Å²) in [6.07, 6.45) is 4.26. The fraction of sp³-hybridized carbons (Fsp3) is 0.478. The number of aliphatic hydroxyl groups is 2. The van der Waals surface area contributed by atoms with Crippen LogP contribution in [0, 0.1) is 5.92 Å². The number of benzene rings is 2. The van der Waals surface area contributed by atoms with E-state index in [0.717, 1.165) is 37.7 Å². The van der Waals surface area contributed by atoms with Crippen molar-refractivity contribution in [2.75, 3.05) is 0 Å². The minimum absolute atomic E-state index is 0.169. The van der Waals surface area contributed by atoms with Gasteiger partial charge in [0, 0.05) is 0 Å². The van der Waals surface area contributed by atoms with Gasteiger partial charge >= 0.3 is 0 Å². The van der Waals surface area contributed by atoms with Gasteiger partial charge in [0.15, 0.2) is 0 Å². The van der Waals surface area contributed by atoms with E-state index in [1.165, 1.54) is 5.56 Å². The third-order valence-corrected chi connectivity index (χ3v) is 4.44. The number of aliphatic hydroxyl groups excluding tert-OH is 2. The standard InChI is InChI=1S/C12H18O.C11H16O/c1-3-10(2)9-12(13)11-7-5-4-6-8-11;1-2-6-11(12)9-10-7-4-3-5-8-10/h4-8,10,12-13H,3,9H2,1-2H3;3-5,7-8,11-12H,2,6,9H2,1H3. The summed E-state index contributed by atoms with van der Waals surface area (Å²) >= 11 is 0. The van der Waals surface area contributed by atoms with Crippen molar-refractivity contribution in [3.8, 4) is 0 Å². The highest BCUT2D eigenvalue weighted by Gasteiger charge is 2.10. The topological polar surface area (TPSA) is 40.5 Å². The molecule has 0 saturated heterocycles. The Hall–Kier alpha value is -1.64. The summed E-state index contributed by atoms with van der Waals surface area (Å²) in [5.74, 6) is 0.593. The van der Waals surface area contributed by atoms with Crippen LogP contribution in [-0.4, -0.2) is 16.3 Å². The molecule has 3 unspecified atom stereocenters. The van der Waals surface area contributed by atoms with Crippen molar-refractivity contribution >= 4 is 0 Å². The molecule has 0 saturated carbocycles. The minimum atomic E-state index is -0.295. The summed E-state index contributed by atoms with van der Waals surface area (Å²) in [6, 6.07) is 20.0. The molecule has 0 aliphatic rings. The predicted molar refractivity (Wildman–Crippen MR) is 107 cm³/mol. The van der Waals surface area contributed by atoms with Crippen molar-refractivity contribution in [1.29, 1.82) is 0 Å². The Balaban J connectivity index is 0.000000251. The maximum atomic E-state index is 9.82. The van der Waals surface area contributed by atoms with Crippen LogP contribution in [0.15, 0.2) is 60.7 Å². The van der Waals surface area contributed by atoms with Crippen molar-refractivity contribution in [1.82, 2.24) is 0 Å². The molecule has 0 aliphatic carbocycles. The van der Waals surface area contributed by atoms with E-state index in [0.29, 0.717) is 5.92 Å². The molecule has 0 spiro atoms. The van der Waals surface area contributed by atoms with Gasteiger partial charge in [-0.3, -0.25) is 0 Å². The normalized spacial score (nSPS) is 14.1. The first-order valence-electron chi connectivity index (χ1n) is 9.51. The first-order chi connectivity index (χ1) is 12.1. The Kier molecular flexibility index (Phi) is 10.9. The number of rotatable bonds is 8. The molecular weight excluding hydrogens is 308 g/mol. The summed E-state index contributed by atoms with van der Waals surface area (Å²) in [6.45, 7) is 6.42. The van der Waals surface area contributed by atoms with Gasteiger partial charge in [-0.25, -0.2) is 0 Å². The van der Waals surface area contributed by atoms with Gasteiger partial charge in [0.2, 0.25) is 0 Å². The highest BCUT2D eigenvalue weighted by atomic mass is 16.3. The molecule has 0 aromatic heterocycles. The molecule has 0 heterocycles. The summed E-state index contributed by atoms with van der Waals surface area (Å²) in [7, 11) is 0. The molecule has 2 heteroatoms. The third-order valence-electron chi connectivity index (χ3n) is 4.44. The van der Waals surface area contributed by atoms with E-state index < -0.39 is 0 Å². The van der Waals surface area contributed by atoms with Crippen LogP contribution in [-0.2, 0) is 6.42 Å². The zero-order valence-electron chi connectivity index (χ0n) is 15.9. The van der Waals surface area contributed by atoms with Gasteiger partial charge in [-0.05, 0) is 36.3 Å². The molecular formula is C23H34O2. The highest BCUT2D eigenvalue weighted by molar-refractivity contribution is 5.17. The summed E-state index contributed by atoms with van der Waals surface area (Å²) in [5.41, 5.74) is 2.25. The molecule has 2 nitrogen and oxygen atoms in total. The Labute approximate surface area is 153 Å². The van der Waals surface area contributed by atoms with Crippen molar-refractivity contribution < 1.29 is 10.2 Å². The monoisotopic (exact) mass is 342 g/mol. The van der Waals surface area contributed by atoms with Gasteiger partial charge in [0.25, 0.3) is 0 Å². The highest BCUT2D eigenvalue weighted by Crippen LogP contribution is 2.22. The van der Waals surface area contributed by atoms with Crippen LogP contribution in [0.4, 0.5) is 0 Å². The van der Waals surface area contributed by atoms with E-state index in [1.807, 2.05) is 48.5 Å². The van der Waals surface area contributed by atoms with E-state index in [9.17, 15) is 10.2 Å². The van der Waals surface area contributed by atoms with Gasteiger partial charge in [-0.15, -0.1) is 0 Å². The molecule has 138 valence electrons. The van der Waals surface area contributed by atoms with Crippen LogP contribution < -0.4 is 0 Å². The lowest BCUT2D eigenvalue weighted by Crippen LogP contribution is -2.09.